The van der Waals surface area contributed by atoms with Crippen LogP contribution in [0.2, 0.25) is 0 Å². The van der Waals surface area contributed by atoms with Crippen molar-refractivity contribution in [1.29, 1.82) is 0 Å². The van der Waals surface area contributed by atoms with Gasteiger partial charge in [0.1, 0.15) is 5.60 Å². The highest BCUT2D eigenvalue weighted by atomic mass is 32.2. The molecule has 6 nitrogen and oxygen atoms in total. The minimum absolute atomic E-state index is 0.0419. The Labute approximate surface area is 166 Å². The highest BCUT2D eigenvalue weighted by Crippen LogP contribution is 2.13. The smallest absolute Gasteiger partial charge is 0.407 e. The van der Waals surface area contributed by atoms with Gasteiger partial charge in [0.15, 0.2) is 9.84 Å². The van der Waals surface area contributed by atoms with E-state index in [9.17, 15) is 13.2 Å². The van der Waals surface area contributed by atoms with Crippen molar-refractivity contribution in [2.24, 2.45) is 0 Å². The Kier molecular flexibility index (Phi) is 7.60. The molecule has 0 fully saturated rings. The van der Waals surface area contributed by atoms with Crippen LogP contribution in [0.1, 0.15) is 26.3 Å². The molecular formula is C21H27NO5S. The Bertz CT molecular complexity index is 845. The summed E-state index contributed by atoms with van der Waals surface area (Å²) < 4.78 is 36.3. The predicted octanol–water partition coefficient (Wildman–Crippen LogP) is 3.57. The topological polar surface area (TPSA) is 81.7 Å². The molecule has 0 saturated carbocycles. The Hall–Kier alpha value is -2.38. The summed E-state index contributed by atoms with van der Waals surface area (Å²) in [5.74, 6) is -0.287. The second kappa shape index (κ2) is 9.71. The standard InChI is InChI=1S/C21H27NO5S/c1-21(2,3)27-20(23)22-18(15-26-14-17-10-6-4-7-11-17)16-28(24,25)19-12-8-5-9-13-19/h4-13,18H,14-16H2,1-3H3,(H,22,23)/t18-/m0/s1. The van der Waals surface area contributed by atoms with E-state index in [0.29, 0.717) is 6.61 Å². The Morgan fingerprint density at radius 1 is 1.00 bits per heavy atom. The second-order valence-corrected chi connectivity index (χ2v) is 9.47. The van der Waals surface area contributed by atoms with Gasteiger partial charge in [-0.3, -0.25) is 0 Å². The highest BCUT2D eigenvalue weighted by molar-refractivity contribution is 7.91. The van der Waals surface area contributed by atoms with Gasteiger partial charge in [-0.05, 0) is 38.5 Å². The summed E-state index contributed by atoms with van der Waals surface area (Å²) in [6.45, 7) is 5.59. The number of hydrogen-bond donors (Lipinski definition) is 1. The molecule has 0 radical (unpaired) electrons. The third-order valence-corrected chi connectivity index (χ3v) is 5.51. The molecule has 0 aromatic heterocycles. The Morgan fingerprint density at radius 3 is 2.14 bits per heavy atom. The van der Waals surface area contributed by atoms with E-state index in [4.69, 9.17) is 9.47 Å². The van der Waals surface area contributed by atoms with Gasteiger partial charge in [0.2, 0.25) is 0 Å². The van der Waals surface area contributed by atoms with Crippen LogP contribution in [-0.4, -0.2) is 38.5 Å². The van der Waals surface area contributed by atoms with Crippen molar-refractivity contribution in [3.05, 3.63) is 66.2 Å². The van der Waals surface area contributed by atoms with Crippen LogP contribution in [0.4, 0.5) is 4.79 Å². The van der Waals surface area contributed by atoms with Gasteiger partial charge in [-0.2, -0.15) is 0 Å². The van der Waals surface area contributed by atoms with E-state index in [1.165, 1.54) is 12.1 Å². The summed E-state index contributed by atoms with van der Waals surface area (Å²) in [6, 6.07) is 16.9. The zero-order valence-electron chi connectivity index (χ0n) is 16.4. The summed E-state index contributed by atoms with van der Waals surface area (Å²) in [5.41, 5.74) is 0.280. The van der Waals surface area contributed by atoms with Crippen molar-refractivity contribution in [2.75, 3.05) is 12.4 Å². The lowest BCUT2D eigenvalue weighted by molar-refractivity contribution is 0.0444. The fourth-order valence-corrected chi connectivity index (χ4v) is 3.96. The summed E-state index contributed by atoms with van der Waals surface area (Å²) in [6.07, 6.45) is -0.677. The number of hydrogen-bond acceptors (Lipinski definition) is 5. The number of rotatable bonds is 8. The summed E-state index contributed by atoms with van der Waals surface area (Å²) >= 11 is 0. The minimum Gasteiger partial charge on any atom is -0.444 e. The van der Waals surface area contributed by atoms with Crippen molar-refractivity contribution in [3.63, 3.8) is 0 Å². The molecule has 0 spiro atoms. The maximum absolute atomic E-state index is 12.7. The van der Waals surface area contributed by atoms with E-state index in [1.807, 2.05) is 30.3 Å². The fourth-order valence-electron chi connectivity index (χ4n) is 2.49. The van der Waals surface area contributed by atoms with E-state index in [2.05, 4.69) is 5.32 Å². The van der Waals surface area contributed by atoms with Crippen LogP contribution in [0.5, 0.6) is 0 Å². The van der Waals surface area contributed by atoms with Crippen LogP contribution in [0.15, 0.2) is 65.6 Å². The van der Waals surface area contributed by atoms with Crippen LogP contribution >= 0.6 is 0 Å². The molecule has 0 aliphatic heterocycles. The number of carbonyl (C=O) groups is 1. The average Bonchev–Trinajstić information content (AvgIpc) is 2.61. The lowest BCUT2D eigenvalue weighted by atomic mass is 10.2. The van der Waals surface area contributed by atoms with Crippen LogP contribution in [-0.2, 0) is 25.9 Å². The van der Waals surface area contributed by atoms with E-state index >= 15 is 0 Å². The molecular weight excluding hydrogens is 378 g/mol. The summed E-state index contributed by atoms with van der Waals surface area (Å²) in [5, 5.41) is 2.62. The number of alkyl carbamates (subject to hydrolysis) is 1. The number of nitrogens with one attached hydrogen (secondary N) is 1. The van der Waals surface area contributed by atoms with Crippen LogP contribution < -0.4 is 5.32 Å². The minimum atomic E-state index is -3.59. The van der Waals surface area contributed by atoms with Gasteiger partial charge < -0.3 is 14.8 Å². The normalized spacial score (nSPS) is 13.0. The maximum atomic E-state index is 12.7. The van der Waals surface area contributed by atoms with E-state index in [0.717, 1.165) is 5.56 Å². The average molecular weight is 406 g/mol. The molecule has 152 valence electrons. The molecule has 1 atom stereocenters. The number of sulfone groups is 1. The van der Waals surface area contributed by atoms with Gasteiger partial charge in [0.25, 0.3) is 0 Å². The number of carbonyl (C=O) groups excluding carboxylic acids is 1. The molecule has 0 unspecified atom stereocenters. The first kappa shape index (κ1) is 21.9. The van der Waals surface area contributed by atoms with Crippen molar-refractivity contribution in [1.82, 2.24) is 5.32 Å². The second-order valence-electron chi connectivity index (χ2n) is 7.44. The predicted molar refractivity (Wildman–Crippen MR) is 108 cm³/mol. The molecule has 0 aliphatic carbocycles. The molecule has 7 heteroatoms. The van der Waals surface area contributed by atoms with Crippen molar-refractivity contribution in [3.8, 4) is 0 Å². The molecule has 0 heterocycles. The summed E-state index contributed by atoms with van der Waals surface area (Å²) in [7, 11) is -3.59. The molecule has 1 amide bonds. The quantitative estimate of drug-likeness (QED) is 0.726. The fraction of sp³-hybridized carbons (Fsp3) is 0.381. The first-order chi connectivity index (χ1) is 13.2. The lowest BCUT2D eigenvalue weighted by Crippen LogP contribution is -2.45. The zero-order chi connectivity index (χ0) is 20.6. The van der Waals surface area contributed by atoms with Crippen molar-refractivity contribution >= 4 is 15.9 Å². The number of ether oxygens (including phenoxy) is 2. The Balaban J connectivity index is 2.05. The first-order valence-electron chi connectivity index (χ1n) is 9.05. The molecule has 2 rings (SSSR count). The van der Waals surface area contributed by atoms with Gasteiger partial charge in [0.05, 0.1) is 29.9 Å². The summed E-state index contributed by atoms with van der Waals surface area (Å²) in [4.78, 5) is 12.3. The Morgan fingerprint density at radius 2 is 1.57 bits per heavy atom. The van der Waals surface area contributed by atoms with Gasteiger partial charge in [-0.25, -0.2) is 13.2 Å². The van der Waals surface area contributed by atoms with Gasteiger partial charge in [-0.1, -0.05) is 48.5 Å². The molecule has 2 aromatic carbocycles. The zero-order valence-corrected chi connectivity index (χ0v) is 17.2. The van der Waals surface area contributed by atoms with E-state index < -0.39 is 27.6 Å². The molecule has 0 aliphatic rings. The third kappa shape index (κ3) is 7.70. The van der Waals surface area contributed by atoms with Crippen LogP contribution in [0, 0.1) is 0 Å². The largest absolute Gasteiger partial charge is 0.444 e. The SMILES string of the molecule is CC(C)(C)OC(=O)N[C@@H](COCc1ccccc1)CS(=O)(=O)c1ccccc1. The molecule has 28 heavy (non-hydrogen) atoms. The van der Waals surface area contributed by atoms with Gasteiger partial charge in [-0.15, -0.1) is 0 Å². The van der Waals surface area contributed by atoms with Crippen molar-refractivity contribution in [2.45, 2.75) is 43.9 Å². The molecule has 0 saturated heterocycles. The molecule has 0 bridgehead atoms. The first-order valence-corrected chi connectivity index (χ1v) is 10.7. The number of amides is 1. The van der Waals surface area contributed by atoms with Crippen LogP contribution in [0.3, 0.4) is 0 Å². The lowest BCUT2D eigenvalue weighted by Gasteiger charge is -2.23. The highest BCUT2D eigenvalue weighted by Gasteiger charge is 2.25. The van der Waals surface area contributed by atoms with Crippen molar-refractivity contribution < 1.29 is 22.7 Å². The van der Waals surface area contributed by atoms with E-state index in [1.54, 1.807) is 39.0 Å². The molecule has 1 N–H and O–H groups in total. The van der Waals surface area contributed by atoms with Gasteiger partial charge >= 0.3 is 6.09 Å². The van der Waals surface area contributed by atoms with E-state index in [-0.39, 0.29) is 17.3 Å². The van der Waals surface area contributed by atoms with Gasteiger partial charge in [0, 0.05) is 0 Å². The van der Waals surface area contributed by atoms with Crippen LogP contribution in [0.25, 0.3) is 0 Å². The molecule has 2 aromatic rings. The maximum Gasteiger partial charge on any atom is 0.407 e. The third-order valence-electron chi connectivity index (χ3n) is 3.67. The number of benzene rings is 2. The monoisotopic (exact) mass is 405 g/mol.